The molecule has 3 heteroatoms. The molecule has 10 heavy (non-hydrogen) atoms. The van der Waals surface area contributed by atoms with Crippen molar-refractivity contribution in [2.45, 2.75) is 26.4 Å². The van der Waals surface area contributed by atoms with Gasteiger partial charge in [0.2, 0.25) is 6.41 Å². The van der Waals surface area contributed by atoms with Gasteiger partial charge in [0.1, 0.15) is 0 Å². The maximum Gasteiger partial charge on any atom is 0.233 e. The van der Waals surface area contributed by atoms with Gasteiger partial charge in [-0.15, -0.1) is 0 Å². The maximum atomic E-state index is 10.2. The highest BCUT2D eigenvalue weighted by Crippen LogP contribution is 2.07. The molecule has 3 nitrogen and oxygen atoms in total. The number of carbonyl (C=O) groups excluding carboxylic acids is 1. The minimum atomic E-state index is -0.321. The van der Waals surface area contributed by atoms with Crippen LogP contribution in [0.15, 0.2) is 0 Å². The second kappa shape index (κ2) is 3.56. The molecule has 59 valence electrons. The molecule has 0 saturated heterocycles. The first-order valence-electron chi connectivity index (χ1n) is 3.20. The fourth-order valence-electron chi connectivity index (χ4n) is 0.472. The Labute approximate surface area is 61.9 Å². The van der Waals surface area contributed by atoms with Crippen LogP contribution < -0.4 is 0 Å². The Kier molecular flexibility index (Phi) is 3.36. The van der Waals surface area contributed by atoms with Crippen LogP contribution in [0.25, 0.3) is 0 Å². The fraction of sp³-hybridized carbons (Fsp3) is 0.714. The molecule has 1 amide bonds. The van der Waals surface area contributed by atoms with Gasteiger partial charge in [0.25, 0.3) is 0 Å². The van der Waals surface area contributed by atoms with Crippen LogP contribution >= 0.6 is 0 Å². The average Bonchev–Trinajstić information content (AvgIpc) is 1.81. The van der Waals surface area contributed by atoms with Gasteiger partial charge < -0.3 is 0 Å². The quantitative estimate of drug-likeness (QED) is 0.437. The van der Waals surface area contributed by atoms with Gasteiger partial charge in [-0.05, 0) is 27.7 Å². The highest BCUT2D eigenvalue weighted by molar-refractivity contribution is 5.45. The van der Waals surface area contributed by atoms with Crippen LogP contribution in [0, 0.1) is 6.92 Å². The van der Waals surface area contributed by atoms with E-state index in [1.54, 1.807) is 0 Å². The SMILES string of the molecule is [CH2]CN(C=O)OC(C)(C)C. The van der Waals surface area contributed by atoms with E-state index in [1.807, 2.05) is 20.8 Å². The summed E-state index contributed by atoms with van der Waals surface area (Å²) in [6.45, 7) is 9.47. The highest BCUT2D eigenvalue weighted by atomic mass is 16.7. The molecule has 0 rings (SSSR count). The summed E-state index contributed by atoms with van der Waals surface area (Å²) in [5.74, 6) is 0. The van der Waals surface area contributed by atoms with Gasteiger partial charge in [-0.1, -0.05) is 0 Å². The minimum absolute atomic E-state index is 0.321. The summed E-state index contributed by atoms with van der Waals surface area (Å²) in [6.07, 6.45) is 0.623. The zero-order valence-electron chi connectivity index (χ0n) is 6.76. The first kappa shape index (κ1) is 9.43. The highest BCUT2D eigenvalue weighted by Gasteiger charge is 2.14. The van der Waals surface area contributed by atoms with Crippen molar-refractivity contribution in [3.8, 4) is 0 Å². The van der Waals surface area contributed by atoms with Crippen molar-refractivity contribution in [3.63, 3.8) is 0 Å². The molecule has 0 unspecified atom stereocenters. The second-order valence-corrected chi connectivity index (χ2v) is 2.95. The van der Waals surface area contributed by atoms with E-state index in [0.717, 1.165) is 0 Å². The van der Waals surface area contributed by atoms with E-state index in [0.29, 0.717) is 13.0 Å². The summed E-state index contributed by atoms with van der Waals surface area (Å²) in [4.78, 5) is 15.3. The minimum Gasteiger partial charge on any atom is -0.276 e. The van der Waals surface area contributed by atoms with Crippen LogP contribution in [-0.2, 0) is 9.63 Å². The van der Waals surface area contributed by atoms with Crippen molar-refractivity contribution in [2.75, 3.05) is 6.54 Å². The Bertz CT molecular complexity index is 107. The monoisotopic (exact) mass is 144 g/mol. The third-order valence-electron chi connectivity index (χ3n) is 0.729. The number of carbonyl (C=O) groups is 1. The van der Waals surface area contributed by atoms with Crippen LogP contribution in [0.2, 0.25) is 0 Å². The number of hydrogen-bond donors (Lipinski definition) is 0. The molecule has 0 aromatic heterocycles. The van der Waals surface area contributed by atoms with E-state index < -0.39 is 0 Å². The maximum absolute atomic E-state index is 10.2. The Morgan fingerprint density at radius 2 is 2.10 bits per heavy atom. The predicted molar refractivity (Wildman–Crippen MR) is 39.0 cm³/mol. The molecule has 0 aliphatic carbocycles. The Hall–Kier alpha value is -0.570. The average molecular weight is 144 g/mol. The van der Waals surface area contributed by atoms with Crippen LogP contribution in [0.1, 0.15) is 20.8 Å². The van der Waals surface area contributed by atoms with Gasteiger partial charge in [-0.2, -0.15) is 0 Å². The third-order valence-corrected chi connectivity index (χ3v) is 0.729. The van der Waals surface area contributed by atoms with Gasteiger partial charge in [0, 0.05) is 6.54 Å². The zero-order chi connectivity index (χ0) is 8.20. The van der Waals surface area contributed by atoms with E-state index in [4.69, 9.17) is 4.84 Å². The zero-order valence-corrected chi connectivity index (χ0v) is 6.76. The van der Waals surface area contributed by atoms with E-state index in [9.17, 15) is 4.79 Å². The van der Waals surface area contributed by atoms with Crippen LogP contribution in [0.4, 0.5) is 0 Å². The van der Waals surface area contributed by atoms with Gasteiger partial charge in [0.05, 0.1) is 5.60 Å². The molecule has 1 radical (unpaired) electrons. The molecule has 0 atom stereocenters. The number of nitrogens with zero attached hydrogens (tertiary/aromatic N) is 1. The Morgan fingerprint density at radius 1 is 1.60 bits per heavy atom. The number of amides is 1. The molecule has 0 aliphatic heterocycles. The number of rotatable bonds is 3. The smallest absolute Gasteiger partial charge is 0.233 e. The lowest BCUT2D eigenvalue weighted by atomic mass is 10.2. The van der Waals surface area contributed by atoms with Crippen LogP contribution in [0.5, 0.6) is 0 Å². The number of hydrogen-bond acceptors (Lipinski definition) is 2. The van der Waals surface area contributed by atoms with Crippen LogP contribution in [-0.4, -0.2) is 23.6 Å². The largest absolute Gasteiger partial charge is 0.276 e. The Balaban J connectivity index is 3.74. The van der Waals surface area contributed by atoms with Crippen molar-refractivity contribution in [1.82, 2.24) is 5.06 Å². The first-order valence-corrected chi connectivity index (χ1v) is 3.20. The van der Waals surface area contributed by atoms with E-state index in [-0.39, 0.29) is 5.60 Å². The predicted octanol–water partition coefficient (Wildman–Crippen LogP) is 1.01. The van der Waals surface area contributed by atoms with Crippen molar-refractivity contribution in [3.05, 3.63) is 6.92 Å². The van der Waals surface area contributed by atoms with Gasteiger partial charge in [0.15, 0.2) is 0 Å². The van der Waals surface area contributed by atoms with Crippen molar-refractivity contribution in [2.24, 2.45) is 0 Å². The summed E-state index contributed by atoms with van der Waals surface area (Å²) in [5, 5.41) is 1.17. The molecule has 0 saturated carbocycles. The first-order chi connectivity index (χ1) is 4.49. The van der Waals surface area contributed by atoms with Gasteiger partial charge in [-0.25, -0.2) is 5.06 Å². The molecule has 0 spiro atoms. The molecule has 0 aromatic rings. The summed E-state index contributed by atoms with van der Waals surface area (Å²) in [6, 6.07) is 0. The molecule has 0 aromatic carbocycles. The van der Waals surface area contributed by atoms with Crippen molar-refractivity contribution >= 4 is 6.41 Å². The van der Waals surface area contributed by atoms with Gasteiger partial charge >= 0.3 is 0 Å². The standard InChI is InChI=1S/C7H14NO2/c1-5-8(6-9)10-7(2,3)4/h6H,1,5H2,2-4H3. The lowest BCUT2D eigenvalue weighted by molar-refractivity contribution is -0.212. The summed E-state index contributed by atoms with van der Waals surface area (Å²) < 4.78 is 0. The van der Waals surface area contributed by atoms with Crippen molar-refractivity contribution < 1.29 is 9.63 Å². The third kappa shape index (κ3) is 4.32. The molecule has 0 heterocycles. The molecular weight excluding hydrogens is 130 g/mol. The van der Waals surface area contributed by atoms with E-state index in [1.165, 1.54) is 5.06 Å². The van der Waals surface area contributed by atoms with E-state index in [2.05, 4.69) is 6.92 Å². The topological polar surface area (TPSA) is 29.5 Å². The lowest BCUT2D eigenvalue weighted by Gasteiger charge is -2.25. The molecule has 0 bridgehead atoms. The lowest BCUT2D eigenvalue weighted by Crippen LogP contribution is -2.32. The fourth-order valence-corrected chi connectivity index (χ4v) is 0.472. The molecule has 0 N–H and O–H groups in total. The molecule has 0 fully saturated rings. The van der Waals surface area contributed by atoms with Crippen LogP contribution in [0.3, 0.4) is 0 Å². The summed E-state index contributed by atoms with van der Waals surface area (Å²) in [5.41, 5.74) is -0.321. The number of hydroxylamine groups is 2. The van der Waals surface area contributed by atoms with Crippen molar-refractivity contribution in [1.29, 1.82) is 0 Å². The summed E-state index contributed by atoms with van der Waals surface area (Å²) in [7, 11) is 0. The Morgan fingerprint density at radius 3 is 2.20 bits per heavy atom. The molecule has 0 aliphatic rings. The van der Waals surface area contributed by atoms with Gasteiger partial charge in [-0.3, -0.25) is 9.63 Å². The summed E-state index contributed by atoms with van der Waals surface area (Å²) >= 11 is 0. The normalized spacial score (nSPS) is 11.2. The van der Waals surface area contributed by atoms with E-state index >= 15 is 0 Å². The molecular formula is C7H14NO2. The second-order valence-electron chi connectivity index (χ2n) is 2.95.